The molecular weight excluding hydrogens is 521 g/mol. The minimum absolute atomic E-state index is 0.0789. The van der Waals surface area contributed by atoms with Gasteiger partial charge in [0.2, 0.25) is 11.8 Å². The van der Waals surface area contributed by atoms with Crippen molar-refractivity contribution in [3.05, 3.63) is 64.9 Å². The van der Waals surface area contributed by atoms with E-state index in [-0.39, 0.29) is 41.4 Å². The normalized spacial score (nSPS) is 21.9. The number of likely N-dealkylation sites (N-methyl/N-ethyl adjacent to an activating group) is 1. The molecule has 0 bridgehead atoms. The molecule has 0 unspecified atom stereocenters. The Kier molecular flexibility index (Phi) is 8.40. The van der Waals surface area contributed by atoms with Gasteiger partial charge >= 0.3 is 6.09 Å². The van der Waals surface area contributed by atoms with E-state index in [1.165, 1.54) is 24.3 Å². The second kappa shape index (κ2) is 11.9. The number of amides is 3. The number of halogens is 2. The number of likely N-dealkylation sites (tertiary alicyclic amines) is 2. The smallest absolute Gasteiger partial charge is 0.410 e. The highest BCUT2D eigenvalue weighted by Crippen LogP contribution is 2.35. The molecule has 1 saturated carbocycles. The SMILES string of the molecule is CCN(C(=O)Oc1ccc(F)cc1)[C@@H]1CN(C(=O)C2CCN(C(=O)C3CCC3)CC2)C[C@H]1c1ccc(Cl)cc1. The topological polar surface area (TPSA) is 70.2 Å². The van der Waals surface area contributed by atoms with Crippen molar-refractivity contribution in [1.82, 2.24) is 14.7 Å². The van der Waals surface area contributed by atoms with E-state index in [9.17, 15) is 18.8 Å². The van der Waals surface area contributed by atoms with Gasteiger partial charge in [-0.05, 0) is 74.6 Å². The summed E-state index contributed by atoms with van der Waals surface area (Å²) in [7, 11) is 0. The fourth-order valence-corrected chi connectivity index (χ4v) is 6.13. The maximum absolute atomic E-state index is 13.7. The molecule has 5 rings (SSSR count). The maximum atomic E-state index is 13.7. The van der Waals surface area contributed by atoms with Crippen LogP contribution in [0.2, 0.25) is 5.02 Å². The number of benzene rings is 2. The summed E-state index contributed by atoms with van der Waals surface area (Å²) in [5.74, 6) is 0.0923. The Bertz CT molecular complexity index is 1180. The van der Waals surface area contributed by atoms with Gasteiger partial charge in [-0.25, -0.2) is 9.18 Å². The minimum atomic E-state index is -0.537. The third-order valence-corrected chi connectivity index (χ3v) is 8.76. The first kappa shape index (κ1) is 27.4. The molecule has 0 aromatic heterocycles. The second-order valence-corrected chi connectivity index (χ2v) is 11.2. The van der Waals surface area contributed by atoms with Gasteiger partial charge in [0.05, 0.1) is 6.04 Å². The summed E-state index contributed by atoms with van der Waals surface area (Å²) in [6, 6.07) is 12.6. The lowest BCUT2D eigenvalue weighted by molar-refractivity contribution is -0.143. The lowest BCUT2D eigenvalue weighted by Gasteiger charge is -2.37. The average Bonchev–Trinajstić information content (AvgIpc) is 3.34. The van der Waals surface area contributed by atoms with Crippen LogP contribution in [0.4, 0.5) is 9.18 Å². The van der Waals surface area contributed by atoms with Crippen LogP contribution in [0.3, 0.4) is 0 Å². The van der Waals surface area contributed by atoms with E-state index >= 15 is 0 Å². The highest BCUT2D eigenvalue weighted by atomic mass is 35.5. The Balaban J connectivity index is 1.29. The average molecular weight is 556 g/mol. The Morgan fingerprint density at radius 1 is 0.897 bits per heavy atom. The van der Waals surface area contributed by atoms with Crippen LogP contribution in [0.5, 0.6) is 5.75 Å². The largest absolute Gasteiger partial charge is 0.415 e. The Labute approximate surface area is 233 Å². The summed E-state index contributed by atoms with van der Waals surface area (Å²) in [6.07, 6.45) is 3.88. The zero-order valence-corrected chi connectivity index (χ0v) is 23.0. The van der Waals surface area contributed by atoms with Crippen LogP contribution >= 0.6 is 11.6 Å². The quantitative estimate of drug-likeness (QED) is 0.483. The number of hydrogen-bond acceptors (Lipinski definition) is 4. The maximum Gasteiger partial charge on any atom is 0.415 e. The molecule has 1 aliphatic carbocycles. The van der Waals surface area contributed by atoms with Gasteiger partial charge in [-0.1, -0.05) is 30.2 Å². The van der Waals surface area contributed by atoms with E-state index in [0.717, 1.165) is 24.8 Å². The van der Waals surface area contributed by atoms with Gasteiger partial charge in [0.25, 0.3) is 0 Å². The highest BCUT2D eigenvalue weighted by molar-refractivity contribution is 6.30. The van der Waals surface area contributed by atoms with Crippen LogP contribution in [0.25, 0.3) is 0 Å². The lowest BCUT2D eigenvalue weighted by atomic mass is 9.83. The molecule has 3 aliphatic rings. The van der Waals surface area contributed by atoms with Crippen LogP contribution in [0.15, 0.2) is 48.5 Å². The zero-order chi connectivity index (χ0) is 27.5. The molecule has 2 saturated heterocycles. The van der Waals surface area contributed by atoms with Gasteiger partial charge in [0.1, 0.15) is 11.6 Å². The van der Waals surface area contributed by atoms with E-state index in [1.807, 2.05) is 41.0 Å². The molecule has 3 amide bonds. The van der Waals surface area contributed by atoms with Gasteiger partial charge in [-0.3, -0.25) is 9.59 Å². The fraction of sp³-hybridized carbons (Fsp3) is 0.500. The molecule has 7 nitrogen and oxygen atoms in total. The predicted molar refractivity (Wildman–Crippen MR) is 146 cm³/mol. The summed E-state index contributed by atoms with van der Waals surface area (Å²) in [5, 5.41) is 0.618. The van der Waals surface area contributed by atoms with E-state index in [2.05, 4.69) is 0 Å². The summed E-state index contributed by atoms with van der Waals surface area (Å²) in [6.45, 7) is 4.37. The number of piperidine rings is 1. The highest BCUT2D eigenvalue weighted by Gasteiger charge is 2.43. The molecule has 2 heterocycles. The molecule has 0 radical (unpaired) electrons. The zero-order valence-electron chi connectivity index (χ0n) is 22.2. The summed E-state index contributed by atoms with van der Waals surface area (Å²) >= 11 is 6.14. The predicted octanol–water partition coefficient (Wildman–Crippen LogP) is 5.33. The molecule has 39 heavy (non-hydrogen) atoms. The van der Waals surface area contributed by atoms with E-state index in [4.69, 9.17) is 16.3 Å². The first-order valence-electron chi connectivity index (χ1n) is 13.9. The van der Waals surface area contributed by atoms with Gasteiger partial charge in [-0.2, -0.15) is 0 Å². The van der Waals surface area contributed by atoms with Gasteiger partial charge < -0.3 is 19.4 Å². The molecule has 3 fully saturated rings. The van der Waals surface area contributed by atoms with Crippen LogP contribution in [0.1, 0.15) is 50.5 Å². The Hall–Kier alpha value is -3.13. The molecular formula is C30H35ClFN3O4. The minimum Gasteiger partial charge on any atom is -0.410 e. The molecule has 2 aliphatic heterocycles. The first-order valence-corrected chi connectivity index (χ1v) is 14.3. The van der Waals surface area contributed by atoms with Crippen LogP contribution in [-0.4, -0.2) is 71.4 Å². The number of nitrogens with zero attached hydrogens (tertiary/aromatic N) is 3. The van der Waals surface area contributed by atoms with Crippen molar-refractivity contribution in [3.63, 3.8) is 0 Å². The molecule has 0 N–H and O–H groups in total. The molecule has 2 atom stereocenters. The van der Waals surface area contributed by atoms with Crippen LogP contribution in [0, 0.1) is 17.7 Å². The van der Waals surface area contributed by atoms with Crippen molar-refractivity contribution < 1.29 is 23.5 Å². The van der Waals surface area contributed by atoms with Crippen LogP contribution in [-0.2, 0) is 9.59 Å². The third-order valence-electron chi connectivity index (χ3n) is 8.50. The Morgan fingerprint density at radius 2 is 1.51 bits per heavy atom. The van der Waals surface area contributed by atoms with Crippen molar-refractivity contribution in [3.8, 4) is 5.75 Å². The van der Waals surface area contributed by atoms with E-state index in [0.29, 0.717) is 50.6 Å². The van der Waals surface area contributed by atoms with Crippen molar-refractivity contribution >= 4 is 29.5 Å². The lowest BCUT2D eigenvalue weighted by Crippen LogP contribution is -2.48. The van der Waals surface area contributed by atoms with Crippen molar-refractivity contribution in [1.29, 1.82) is 0 Å². The Morgan fingerprint density at radius 3 is 2.10 bits per heavy atom. The molecule has 2 aromatic carbocycles. The number of ether oxygens (including phenoxy) is 1. The monoisotopic (exact) mass is 555 g/mol. The van der Waals surface area contributed by atoms with Crippen molar-refractivity contribution in [2.45, 2.75) is 51.0 Å². The second-order valence-electron chi connectivity index (χ2n) is 10.8. The summed E-state index contributed by atoms with van der Waals surface area (Å²) in [5.41, 5.74) is 0.994. The number of carbonyl (C=O) groups is 3. The molecule has 0 spiro atoms. The summed E-state index contributed by atoms with van der Waals surface area (Å²) in [4.78, 5) is 45.0. The van der Waals surface area contributed by atoms with E-state index in [1.54, 1.807) is 4.90 Å². The standard InChI is InChI=1S/C30H35ClFN3O4/c1-2-35(30(38)39-25-12-10-24(32)11-13-25)27-19-34(18-26(27)20-6-8-23(31)9-7-20)29(37)22-14-16-33(17-15-22)28(36)21-4-3-5-21/h6-13,21-22,26-27H,2-5,14-19H2,1H3/t26-,27+/m0/s1. The van der Waals surface area contributed by atoms with Gasteiger partial charge in [0, 0.05) is 55.5 Å². The van der Waals surface area contributed by atoms with Gasteiger partial charge in [0.15, 0.2) is 0 Å². The number of carbonyl (C=O) groups excluding carboxylic acids is 3. The van der Waals surface area contributed by atoms with Gasteiger partial charge in [-0.15, -0.1) is 0 Å². The molecule has 2 aromatic rings. The fourth-order valence-electron chi connectivity index (χ4n) is 6.00. The molecule has 9 heteroatoms. The number of hydrogen-bond donors (Lipinski definition) is 0. The first-order chi connectivity index (χ1) is 18.8. The number of rotatable bonds is 6. The van der Waals surface area contributed by atoms with Crippen LogP contribution < -0.4 is 4.74 Å². The van der Waals surface area contributed by atoms with E-state index < -0.39 is 11.9 Å². The third kappa shape index (κ3) is 6.06. The molecule has 208 valence electrons. The van der Waals surface area contributed by atoms with Crippen molar-refractivity contribution in [2.75, 3.05) is 32.7 Å². The summed E-state index contributed by atoms with van der Waals surface area (Å²) < 4.78 is 18.9. The van der Waals surface area contributed by atoms with Crippen molar-refractivity contribution in [2.24, 2.45) is 11.8 Å².